The van der Waals surface area contributed by atoms with Gasteiger partial charge in [-0.25, -0.2) is 20.1 Å². The van der Waals surface area contributed by atoms with E-state index in [2.05, 4.69) is 26.7 Å². The van der Waals surface area contributed by atoms with Crippen LogP contribution in [0.2, 0.25) is 0 Å². The van der Waals surface area contributed by atoms with Crippen LogP contribution in [0.25, 0.3) is 4.85 Å². The van der Waals surface area contributed by atoms with Crippen molar-refractivity contribution in [3.63, 3.8) is 0 Å². The molecule has 1 aliphatic heterocycles. The SMILES string of the molecule is [C-]#[N+][C@@H]1CC(F)(F)CN1C(=O)CCC(=O)NCc1cc(C(=O)N[C@@H](CC#C)C(=O)N[C@@H](CCCCN)C(=O)O)co1. The summed E-state index contributed by atoms with van der Waals surface area (Å²) in [6, 6.07) is -1.11. The van der Waals surface area contributed by atoms with Gasteiger partial charge < -0.3 is 31.2 Å². The third-order valence-electron chi connectivity index (χ3n) is 6.16. The first-order chi connectivity index (χ1) is 19.4. The fraction of sp³-hybridized carbons (Fsp3) is 0.538. The summed E-state index contributed by atoms with van der Waals surface area (Å²) in [4.78, 5) is 65.0. The van der Waals surface area contributed by atoms with Crippen LogP contribution in [-0.2, 0) is 25.7 Å². The molecule has 1 aliphatic rings. The maximum atomic E-state index is 13.5. The lowest BCUT2D eigenvalue weighted by Gasteiger charge is -2.20. The summed E-state index contributed by atoms with van der Waals surface area (Å²) in [7, 11) is 0. The third-order valence-corrected chi connectivity index (χ3v) is 6.16. The Morgan fingerprint density at radius 2 is 1.98 bits per heavy atom. The number of likely N-dealkylation sites (tertiary alicyclic amines) is 1. The van der Waals surface area contributed by atoms with Crippen LogP contribution in [0, 0.1) is 18.9 Å². The van der Waals surface area contributed by atoms with Crippen LogP contribution in [0.15, 0.2) is 16.7 Å². The maximum Gasteiger partial charge on any atom is 0.326 e. The summed E-state index contributed by atoms with van der Waals surface area (Å²) in [6.07, 6.45) is 4.69. The topological polar surface area (TPSA) is 188 Å². The molecular weight excluding hydrogens is 546 g/mol. The number of rotatable bonds is 15. The molecule has 0 spiro atoms. The number of hydrogen-bond acceptors (Lipinski definition) is 7. The number of amides is 4. The van der Waals surface area contributed by atoms with E-state index in [0.29, 0.717) is 19.4 Å². The fourth-order valence-electron chi connectivity index (χ4n) is 3.99. The molecular formula is C26H32F2N6O7. The van der Waals surface area contributed by atoms with Gasteiger partial charge in [0.05, 0.1) is 18.7 Å². The molecule has 0 bridgehead atoms. The number of nitrogens with two attached hydrogens (primary N) is 1. The molecule has 0 aromatic carbocycles. The van der Waals surface area contributed by atoms with E-state index in [1.165, 1.54) is 6.07 Å². The number of unbranched alkanes of at least 4 members (excludes halogenated alkanes) is 1. The average Bonchev–Trinajstić information content (AvgIpc) is 3.53. The molecule has 1 aromatic rings. The van der Waals surface area contributed by atoms with Crippen LogP contribution in [0.4, 0.5) is 8.78 Å². The van der Waals surface area contributed by atoms with Crippen molar-refractivity contribution in [2.75, 3.05) is 13.1 Å². The number of nitrogens with one attached hydrogen (secondary N) is 3. The molecule has 222 valence electrons. The fourth-order valence-corrected chi connectivity index (χ4v) is 3.99. The summed E-state index contributed by atoms with van der Waals surface area (Å²) in [5.41, 5.74) is 5.41. The highest BCUT2D eigenvalue weighted by molar-refractivity contribution is 5.98. The molecule has 4 amide bonds. The quantitative estimate of drug-likeness (QED) is 0.114. The van der Waals surface area contributed by atoms with E-state index in [9.17, 15) is 37.9 Å². The first-order valence-electron chi connectivity index (χ1n) is 12.8. The number of carboxylic acids is 1. The Bertz CT molecular complexity index is 1210. The van der Waals surface area contributed by atoms with E-state index in [-0.39, 0.29) is 43.6 Å². The Hall–Kier alpha value is -4.50. The second kappa shape index (κ2) is 15.3. The zero-order valence-corrected chi connectivity index (χ0v) is 22.2. The van der Waals surface area contributed by atoms with Gasteiger partial charge in [0, 0.05) is 19.3 Å². The largest absolute Gasteiger partial charge is 0.480 e. The molecule has 0 radical (unpaired) electrons. The maximum absolute atomic E-state index is 13.5. The molecule has 15 heteroatoms. The van der Waals surface area contributed by atoms with E-state index in [1.54, 1.807) is 0 Å². The Labute approximate surface area is 235 Å². The average molecular weight is 579 g/mol. The van der Waals surface area contributed by atoms with E-state index in [1.807, 2.05) is 0 Å². The van der Waals surface area contributed by atoms with Crippen LogP contribution in [0.5, 0.6) is 0 Å². The summed E-state index contributed by atoms with van der Waals surface area (Å²) < 4.78 is 32.3. The highest BCUT2D eigenvalue weighted by atomic mass is 19.3. The molecule has 1 fully saturated rings. The number of halogens is 2. The van der Waals surface area contributed by atoms with Gasteiger partial charge in [0.15, 0.2) is 0 Å². The highest BCUT2D eigenvalue weighted by Crippen LogP contribution is 2.33. The van der Waals surface area contributed by atoms with Crippen molar-refractivity contribution in [3.8, 4) is 12.3 Å². The van der Waals surface area contributed by atoms with Gasteiger partial charge in [0.2, 0.25) is 17.7 Å². The number of furan rings is 1. The lowest BCUT2D eigenvalue weighted by atomic mass is 10.1. The van der Waals surface area contributed by atoms with Gasteiger partial charge in [-0.1, -0.05) is 0 Å². The van der Waals surface area contributed by atoms with Crippen LogP contribution >= 0.6 is 0 Å². The lowest BCUT2D eigenvalue weighted by molar-refractivity contribution is -0.142. The van der Waals surface area contributed by atoms with Crippen molar-refractivity contribution in [1.82, 2.24) is 20.9 Å². The molecule has 6 N–H and O–H groups in total. The van der Waals surface area contributed by atoms with Crippen LogP contribution in [0.3, 0.4) is 0 Å². The summed E-state index contributed by atoms with van der Waals surface area (Å²) in [5.74, 6) is -4.80. The van der Waals surface area contributed by atoms with Gasteiger partial charge in [0.1, 0.15) is 30.5 Å². The standard InChI is InChI=1S/C26H32F2N6O7/c1-3-6-18(24(38)33-19(25(39)40)7-4-5-10-29)32-23(37)16-11-17(41-14-16)13-31-21(35)8-9-22(36)34-15-26(27,28)12-20(34)30-2/h1,11,14,18-20H,4-10,12-13,15,29H2,(H,31,35)(H,32,37)(H,33,38)(H,39,40)/t18-,19-,20-/m0/s1. The van der Waals surface area contributed by atoms with E-state index in [0.717, 1.165) is 11.2 Å². The lowest BCUT2D eigenvalue weighted by Crippen LogP contribution is -2.51. The Morgan fingerprint density at radius 1 is 1.24 bits per heavy atom. The zero-order valence-electron chi connectivity index (χ0n) is 22.2. The van der Waals surface area contributed by atoms with E-state index >= 15 is 0 Å². The van der Waals surface area contributed by atoms with Gasteiger partial charge in [-0.15, -0.1) is 12.3 Å². The highest BCUT2D eigenvalue weighted by Gasteiger charge is 2.50. The number of carbonyl (C=O) groups excluding carboxylic acids is 4. The van der Waals surface area contributed by atoms with Crippen molar-refractivity contribution in [3.05, 3.63) is 35.1 Å². The minimum Gasteiger partial charge on any atom is -0.480 e. The first-order valence-corrected chi connectivity index (χ1v) is 12.8. The number of hydrogen-bond donors (Lipinski definition) is 5. The predicted molar refractivity (Wildman–Crippen MR) is 139 cm³/mol. The van der Waals surface area contributed by atoms with Gasteiger partial charge >= 0.3 is 12.1 Å². The number of carboxylic acid groups (broad SMARTS) is 1. The van der Waals surface area contributed by atoms with Crippen molar-refractivity contribution in [2.24, 2.45) is 5.73 Å². The minimum absolute atomic E-state index is 0.00266. The normalized spacial score (nSPS) is 17.0. The number of terminal acetylenes is 1. The van der Waals surface area contributed by atoms with Crippen molar-refractivity contribution < 1.29 is 42.3 Å². The number of carbonyl (C=O) groups is 5. The molecule has 0 unspecified atom stereocenters. The molecule has 2 heterocycles. The molecule has 1 saturated heterocycles. The van der Waals surface area contributed by atoms with Gasteiger partial charge in [-0.2, -0.15) is 0 Å². The number of alkyl halides is 2. The Balaban J connectivity index is 1.86. The minimum atomic E-state index is -3.15. The molecule has 2 rings (SSSR count). The van der Waals surface area contributed by atoms with Gasteiger partial charge in [-0.05, 0) is 31.9 Å². The van der Waals surface area contributed by atoms with Crippen molar-refractivity contribution in [1.29, 1.82) is 0 Å². The number of aliphatic carboxylic acids is 1. The molecule has 0 saturated carbocycles. The molecule has 13 nitrogen and oxygen atoms in total. The van der Waals surface area contributed by atoms with Crippen molar-refractivity contribution >= 4 is 29.6 Å². The Kier molecular flexibility index (Phi) is 12.2. The van der Waals surface area contributed by atoms with E-state index in [4.69, 9.17) is 23.1 Å². The van der Waals surface area contributed by atoms with Gasteiger partial charge in [-0.3, -0.25) is 28.9 Å². The second-order valence-corrected chi connectivity index (χ2v) is 9.39. The Morgan fingerprint density at radius 3 is 2.61 bits per heavy atom. The molecule has 0 aliphatic carbocycles. The summed E-state index contributed by atoms with van der Waals surface area (Å²) in [6.45, 7) is 6.33. The molecule has 3 atom stereocenters. The van der Waals surface area contributed by atoms with Crippen LogP contribution in [-0.4, -0.2) is 76.9 Å². The van der Waals surface area contributed by atoms with Crippen LogP contribution < -0.4 is 21.7 Å². The summed E-state index contributed by atoms with van der Waals surface area (Å²) in [5, 5.41) is 16.6. The van der Waals surface area contributed by atoms with Crippen molar-refractivity contribution in [2.45, 2.75) is 75.7 Å². The molecule has 41 heavy (non-hydrogen) atoms. The summed E-state index contributed by atoms with van der Waals surface area (Å²) >= 11 is 0. The monoisotopic (exact) mass is 578 g/mol. The van der Waals surface area contributed by atoms with Crippen LogP contribution in [0.1, 0.15) is 61.1 Å². The molecule has 1 aromatic heterocycles. The number of nitrogens with zero attached hydrogens (tertiary/aromatic N) is 2. The predicted octanol–water partition coefficient (Wildman–Crippen LogP) is 0.609. The first kappa shape index (κ1) is 32.7. The zero-order chi connectivity index (χ0) is 30.6. The third kappa shape index (κ3) is 10.2. The van der Waals surface area contributed by atoms with Gasteiger partial charge in [0.25, 0.3) is 11.8 Å². The second-order valence-electron chi connectivity index (χ2n) is 9.39. The smallest absolute Gasteiger partial charge is 0.326 e. The van der Waals surface area contributed by atoms with E-state index < -0.39 is 66.7 Å².